The molecule has 2 aromatic carbocycles. The van der Waals surface area contributed by atoms with Gasteiger partial charge in [-0.25, -0.2) is 4.39 Å². The Labute approximate surface area is 142 Å². The standard InChI is InChI=1S/C16H16ClFINO/c1-3-20-16(10-7-8-13(19)12(17)9-10)11-5-4-6-14(21-2)15(11)18/h4-9,16,20H,3H2,1-2H3. The Balaban J connectivity index is 2.50. The van der Waals surface area contributed by atoms with Crippen LogP contribution in [0.5, 0.6) is 5.75 Å². The first-order valence-electron chi connectivity index (χ1n) is 6.59. The van der Waals surface area contributed by atoms with Crippen LogP contribution in [0.25, 0.3) is 0 Å². The molecule has 2 nitrogen and oxygen atoms in total. The van der Waals surface area contributed by atoms with Gasteiger partial charge in [-0.2, -0.15) is 0 Å². The molecular weight excluding hydrogens is 404 g/mol. The lowest BCUT2D eigenvalue weighted by atomic mass is 9.98. The van der Waals surface area contributed by atoms with Gasteiger partial charge in [0.15, 0.2) is 11.6 Å². The number of halogens is 3. The van der Waals surface area contributed by atoms with Gasteiger partial charge in [-0.05, 0) is 52.9 Å². The zero-order chi connectivity index (χ0) is 15.4. The lowest BCUT2D eigenvalue weighted by Crippen LogP contribution is -2.23. The van der Waals surface area contributed by atoms with Crippen molar-refractivity contribution in [1.29, 1.82) is 0 Å². The second-order valence-corrected chi connectivity index (χ2v) is 6.10. The number of hydrogen-bond donors (Lipinski definition) is 1. The zero-order valence-electron chi connectivity index (χ0n) is 11.8. The van der Waals surface area contributed by atoms with Crippen molar-refractivity contribution in [2.45, 2.75) is 13.0 Å². The van der Waals surface area contributed by atoms with E-state index < -0.39 is 0 Å². The molecule has 112 valence electrons. The second-order valence-electron chi connectivity index (χ2n) is 4.53. The van der Waals surface area contributed by atoms with Gasteiger partial charge in [0.2, 0.25) is 0 Å². The fourth-order valence-electron chi connectivity index (χ4n) is 2.21. The third-order valence-corrected chi connectivity index (χ3v) is 4.78. The number of hydrogen-bond acceptors (Lipinski definition) is 2. The van der Waals surface area contributed by atoms with Crippen molar-refractivity contribution in [2.75, 3.05) is 13.7 Å². The average Bonchev–Trinajstić information content (AvgIpc) is 2.48. The third-order valence-electron chi connectivity index (χ3n) is 3.21. The SMILES string of the molecule is CCNC(c1ccc(I)c(Cl)c1)c1cccc(OC)c1F. The second kappa shape index (κ2) is 7.42. The lowest BCUT2D eigenvalue weighted by molar-refractivity contribution is 0.382. The smallest absolute Gasteiger partial charge is 0.170 e. The van der Waals surface area contributed by atoms with Gasteiger partial charge in [0.1, 0.15) is 0 Å². The predicted octanol–water partition coefficient (Wildman–Crippen LogP) is 4.79. The quantitative estimate of drug-likeness (QED) is 0.704. The molecule has 0 amide bonds. The molecule has 0 aliphatic heterocycles. The number of methoxy groups -OCH3 is 1. The molecule has 1 unspecified atom stereocenters. The van der Waals surface area contributed by atoms with Gasteiger partial charge in [-0.3, -0.25) is 0 Å². The molecule has 2 rings (SSSR count). The lowest BCUT2D eigenvalue weighted by Gasteiger charge is -2.21. The van der Waals surface area contributed by atoms with Crippen molar-refractivity contribution in [1.82, 2.24) is 5.32 Å². The molecule has 0 heterocycles. The summed E-state index contributed by atoms with van der Waals surface area (Å²) in [6.07, 6.45) is 0. The van der Waals surface area contributed by atoms with Gasteiger partial charge >= 0.3 is 0 Å². The molecule has 0 spiro atoms. The topological polar surface area (TPSA) is 21.3 Å². The van der Waals surface area contributed by atoms with Gasteiger partial charge in [-0.15, -0.1) is 0 Å². The minimum atomic E-state index is -0.347. The maximum Gasteiger partial charge on any atom is 0.170 e. The van der Waals surface area contributed by atoms with Crippen molar-refractivity contribution < 1.29 is 9.13 Å². The minimum absolute atomic E-state index is 0.243. The highest BCUT2D eigenvalue weighted by Gasteiger charge is 2.20. The van der Waals surface area contributed by atoms with E-state index in [1.54, 1.807) is 18.2 Å². The molecule has 1 N–H and O–H groups in total. The van der Waals surface area contributed by atoms with Crippen LogP contribution in [0.4, 0.5) is 4.39 Å². The molecule has 0 saturated carbocycles. The van der Waals surface area contributed by atoms with Gasteiger partial charge in [0.25, 0.3) is 0 Å². The molecule has 0 aliphatic rings. The Bertz CT molecular complexity index is 636. The summed E-state index contributed by atoms with van der Waals surface area (Å²) in [5, 5.41) is 3.96. The Morgan fingerprint density at radius 1 is 1.33 bits per heavy atom. The molecule has 0 aliphatic carbocycles. The fraction of sp³-hybridized carbons (Fsp3) is 0.250. The number of benzene rings is 2. The highest BCUT2D eigenvalue weighted by molar-refractivity contribution is 14.1. The van der Waals surface area contributed by atoms with E-state index in [1.165, 1.54) is 7.11 Å². The molecule has 2 aromatic rings. The largest absolute Gasteiger partial charge is 0.494 e. The van der Waals surface area contributed by atoms with Gasteiger partial charge in [-0.1, -0.05) is 36.7 Å². The molecule has 0 bridgehead atoms. The van der Waals surface area contributed by atoms with Crippen LogP contribution < -0.4 is 10.1 Å². The first kappa shape index (κ1) is 16.5. The van der Waals surface area contributed by atoms with Crippen LogP contribution in [0, 0.1) is 9.39 Å². The van der Waals surface area contributed by atoms with Crippen molar-refractivity contribution in [2.24, 2.45) is 0 Å². The Kier molecular flexibility index (Phi) is 5.84. The minimum Gasteiger partial charge on any atom is -0.494 e. The van der Waals surface area contributed by atoms with E-state index in [2.05, 4.69) is 27.9 Å². The van der Waals surface area contributed by atoms with Crippen molar-refractivity contribution >= 4 is 34.2 Å². The van der Waals surface area contributed by atoms with Crippen LogP contribution in [0.2, 0.25) is 5.02 Å². The van der Waals surface area contributed by atoms with E-state index in [0.717, 1.165) is 9.13 Å². The highest BCUT2D eigenvalue weighted by Crippen LogP contribution is 2.31. The Morgan fingerprint density at radius 3 is 2.71 bits per heavy atom. The zero-order valence-corrected chi connectivity index (χ0v) is 14.7. The molecule has 0 radical (unpaired) electrons. The van der Waals surface area contributed by atoms with Crippen LogP contribution in [-0.4, -0.2) is 13.7 Å². The number of nitrogens with one attached hydrogen (secondary N) is 1. The summed E-state index contributed by atoms with van der Waals surface area (Å²) in [6, 6.07) is 10.7. The summed E-state index contributed by atoms with van der Waals surface area (Å²) in [5.74, 6) is -0.104. The molecular formula is C16H16ClFINO. The summed E-state index contributed by atoms with van der Waals surface area (Å²) >= 11 is 8.36. The third kappa shape index (κ3) is 3.67. The summed E-state index contributed by atoms with van der Waals surface area (Å²) in [4.78, 5) is 0. The van der Waals surface area contributed by atoms with Gasteiger partial charge < -0.3 is 10.1 Å². The van der Waals surface area contributed by atoms with E-state index in [0.29, 0.717) is 17.1 Å². The van der Waals surface area contributed by atoms with Crippen molar-refractivity contribution in [3.63, 3.8) is 0 Å². The van der Waals surface area contributed by atoms with Gasteiger partial charge in [0.05, 0.1) is 18.2 Å². The maximum absolute atomic E-state index is 14.5. The summed E-state index contributed by atoms with van der Waals surface area (Å²) in [5.41, 5.74) is 1.47. The number of ether oxygens (including phenoxy) is 1. The summed E-state index contributed by atoms with van der Waals surface area (Å²) < 4.78 is 20.5. The van der Waals surface area contributed by atoms with Crippen LogP contribution in [0.1, 0.15) is 24.1 Å². The van der Waals surface area contributed by atoms with Crippen molar-refractivity contribution in [3.05, 3.63) is 61.9 Å². The fourth-order valence-corrected chi connectivity index (χ4v) is 2.74. The summed E-state index contributed by atoms with van der Waals surface area (Å²) in [7, 11) is 1.46. The van der Waals surface area contributed by atoms with E-state index in [4.69, 9.17) is 16.3 Å². The first-order chi connectivity index (χ1) is 10.1. The van der Waals surface area contributed by atoms with Crippen molar-refractivity contribution in [3.8, 4) is 5.75 Å². The normalized spacial score (nSPS) is 12.2. The van der Waals surface area contributed by atoms with E-state index >= 15 is 0 Å². The van der Waals surface area contributed by atoms with Crippen LogP contribution in [0.15, 0.2) is 36.4 Å². The molecule has 0 fully saturated rings. The monoisotopic (exact) mass is 419 g/mol. The van der Waals surface area contributed by atoms with Gasteiger partial charge in [0, 0.05) is 9.13 Å². The summed E-state index contributed by atoms with van der Waals surface area (Å²) in [6.45, 7) is 2.70. The van der Waals surface area contributed by atoms with E-state index in [-0.39, 0.29) is 17.6 Å². The predicted molar refractivity (Wildman–Crippen MR) is 92.6 cm³/mol. The molecule has 1 atom stereocenters. The highest BCUT2D eigenvalue weighted by atomic mass is 127. The Morgan fingerprint density at radius 2 is 2.10 bits per heavy atom. The average molecular weight is 420 g/mol. The van der Waals surface area contributed by atoms with E-state index in [9.17, 15) is 4.39 Å². The van der Waals surface area contributed by atoms with Crippen LogP contribution >= 0.6 is 34.2 Å². The van der Waals surface area contributed by atoms with Crippen LogP contribution in [-0.2, 0) is 0 Å². The molecule has 0 saturated heterocycles. The number of rotatable bonds is 5. The molecule has 5 heteroatoms. The molecule has 21 heavy (non-hydrogen) atoms. The molecule has 0 aromatic heterocycles. The first-order valence-corrected chi connectivity index (χ1v) is 8.04. The maximum atomic E-state index is 14.5. The van der Waals surface area contributed by atoms with Crippen LogP contribution in [0.3, 0.4) is 0 Å². The van der Waals surface area contributed by atoms with E-state index in [1.807, 2.05) is 25.1 Å². The Hall–Kier alpha value is -0.850.